The monoisotopic (exact) mass is 256 g/mol. The first kappa shape index (κ1) is 12.3. The van der Waals surface area contributed by atoms with Crippen molar-refractivity contribution < 1.29 is 9.90 Å². The van der Waals surface area contributed by atoms with Crippen LogP contribution in [0, 0.1) is 0 Å². The first-order chi connectivity index (χ1) is 7.98. The van der Waals surface area contributed by atoms with Crippen molar-refractivity contribution in [3.63, 3.8) is 0 Å². The molecule has 0 bridgehead atoms. The summed E-state index contributed by atoms with van der Waals surface area (Å²) >= 11 is 1.10. The minimum Gasteiger partial charge on any atom is -0.390 e. The number of nitrogens with two attached hydrogens (primary N) is 1. The van der Waals surface area contributed by atoms with Crippen LogP contribution in [0.4, 0.5) is 5.13 Å². The van der Waals surface area contributed by atoms with Crippen LogP contribution in [0.2, 0.25) is 0 Å². The third-order valence-electron chi connectivity index (χ3n) is 2.97. The number of hydrogen-bond acceptors (Lipinski definition) is 6. The predicted molar refractivity (Wildman–Crippen MR) is 64.7 cm³/mol. The lowest BCUT2D eigenvalue weighted by Gasteiger charge is -2.21. The number of aromatic nitrogens is 2. The molecule has 94 valence electrons. The third kappa shape index (κ3) is 2.92. The lowest BCUT2D eigenvalue weighted by atomic mass is 9.98. The molecule has 3 N–H and O–H groups in total. The number of aliphatic hydroxyl groups is 1. The first-order valence-corrected chi connectivity index (χ1v) is 6.40. The van der Waals surface area contributed by atoms with Crippen LogP contribution in [0.25, 0.3) is 0 Å². The quantitative estimate of drug-likeness (QED) is 0.763. The Morgan fingerprint density at radius 3 is 2.88 bits per heavy atom. The standard InChI is InChI=1S/C10H16N4O2S/c1-10(16)3-2-5-14(6-4-10)8(15)7-12-13-9(11)17-7/h16H,2-6H2,1H3,(H2,11,13). The summed E-state index contributed by atoms with van der Waals surface area (Å²) in [5, 5.41) is 18.0. The van der Waals surface area contributed by atoms with Crippen LogP contribution in [-0.4, -0.2) is 44.8 Å². The zero-order valence-electron chi connectivity index (χ0n) is 9.72. The molecule has 1 aliphatic heterocycles. The van der Waals surface area contributed by atoms with Crippen LogP contribution in [0.15, 0.2) is 0 Å². The molecule has 1 atom stereocenters. The van der Waals surface area contributed by atoms with Crippen LogP contribution < -0.4 is 5.73 Å². The van der Waals surface area contributed by atoms with Gasteiger partial charge in [0.2, 0.25) is 10.1 Å². The molecule has 1 aromatic heterocycles. The minimum atomic E-state index is -0.671. The fraction of sp³-hybridized carbons (Fsp3) is 0.700. The second kappa shape index (κ2) is 4.58. The molecule has 2 rings (SSSR count). The molecule has 1 aromatic rings. The topological polar surface area (TPSA) is 92.3 Å². The summed E-state index contributed by atoms with van der Waals surface area (Å²) in [5.74, 6) is -0.142. The highest BCUT2D eigenvalue weighted by atomic mass is 32.1. The van der Waals surface area contributed by atoms with Gasteiger partial charge in [-0.15, -0.1) is 10.2 Å². The molecule has 1 unspecified atom stereocenters. The van der Waals surface area contributed by atoms with Gasteiger partial charge in [-0.2, -0.15) is 0 Å². The highest BCUT2D eigenvalue weighted by Crippen LogP contribution is 2.23. The van der Waals surface area contributed by atoms with Gasteiger partial charge in [0.05, 0.1) is 5.60 Å². The molecule has 1 saturated heterocycles. The van der Waals surface area contributed by atoms with E-state index in [1.807, 2.05) is 6.92 Å². The normalized spacial score (nSPS) is 25.6. The molecule has 0 saturated carbocycles. The lowest BCUT2D eigenvalue weighted by molar-refractivity contribution is 0.0438. The molecule has 0 radical (unpaired) electrons. The maximum absolute atomic E-state index is 12.1. The van der Waals surface area contributed by atoms with Gasteiger partial charge in [0.15, 0.2) is 0 Å². The Kier molecular flexibility index (Phi) is 3.30. The number of hydrogen-bond donors (Lipinski definition) is 2. The van der Waals surface area contributed by atoms with E-state index in [0.29, 0.717) is 29.6 Å². The zero-order valence-corrected chi connectivity index (χ0v) is 10.5. The van der Waals surface area contributed by atoms with Crippen LogP contribution in [0.3, 0.4) is 0 Å². The number of carbonyl (C=O) groups excluding carboxylic acids is 1. The summed E-state index contributed by atoms with van der Waals surface area (Å²) < 4.78 is 0. The highest BCUT2D eigenvalue weighted by Gasteiger charge is 2.28. The van der Waals surface area contributed by atoms with Crippen molar-refractivity contribution in [3.8, 4) is 0 Å². The summed E-state index contributed by atoms with van der Waals surface area (Å²) in [6, 6.07) is 0. The predicted octanol–water partition coefficient (Wildman–Crippen LogP) is 0.497. The van der Waals surface area contributed by atoms with E-state index in [2.05, 4.69) is 10.2 Å². The molecule has 1 aliphatic rings. The first-order valence-electron chi connectivity index (χ1n) is 5.59. The van der Waals surface area contributed by atoms with Gasteiger partial charge in [-0.1, -0.05) is 11.3 Å². The van der Waals surface area contributed by atoms with Gasteiger partial charge in [-0.3, -0.25) is 4.79 Å². The molecule has 0 spiro atoms. The van der Waals surface area contributed by atoms with Crippen LogP contribution in [-0.2, 0) is 0 Å². The Balaban J connectivity index is 2.05. The third-order valence-corrected chi connectivity index (χ3v) is 3.71. The molecule has 1 fully saturated rings. The van der Waals surface area contributed by atoms with E-state index in [9.17, 15) is 9.90 Å². The number of anilines is 1. The number of nitrogen functional groups attached to an aromatic ring is 1. The lowest BCUT2D eigenvalue weighted by Crippen LogP contribution is -2.33. The Hall–Kier alpha value is -1.21. The Morgan fingerprint density at radius 2 is 2.24 bits per heavy atom. The smallest absolute Gasteiger partial charge is 0.284 e. The number of amides is 1. The number of rotatable bonds is 1. The fourth-order valence-electron chi connectivity index (χ4n) is 1.92. The van der Waals surface area contributed by atoms with Crippen LogP contribution in [0.1, 0.15) is 36.0 Å². The van der Waals surface area contributed by atoms with Crippen molar-refractivity contribution in [2.45, 2.75) is 31.8 Å². The minimum absolute atomic E-state index is 0.142. The van der Waals surface area contributed by atoms with Gasteiger partial charge in [-0.05, 0) is 26.2 Å². The maximum atomic E-state index is 12.1. The van der Waals surface area contributed by atoms with Gasteiger partial charge < -0.3 is 15.7 Å². The SMILES string of the molecule is CC1(O)CCCN(C(=O)c2nnc(N)s2)CC1. The number of nitrogens with zero attached hydrogens (tertiary/aromatic N) is 3. The van der Waals surface area contributed by atoms with E-state index in [4.69, 9.17) is 5.73 Å². The molecule has 17 heavy (non-hydrogen) atoms. The van der Waals surface area contributed by atoms with E-state index >= 15 is 0 Å². The van der Waals surface area contributed by atoms with Crippen molar-refractivity contribution in [1.29, 1.82) is 0 Å². The zero-order chi connectivity index (χ0) is 12.5. The molecule has 0 aliphatic carbocycles. The Bertz CT molecular complexity index is 418. The second-order valence-electron chi connectivity index (χ2n) is 4.59. The van der Waals surface area contributed by atoms with Crippen molar-refractivity contribution >= 4 is 22.4 Å². The molecule has 2 heterocycles. The summed E-state index contributed by atoms with van der Waals surface area (Å²) in [6.45, 7) is 3.00. The van der Waals surface area contributed by atoms with E-state index in [1.54, 1.807) is 4.90 Å². The molecule has 1 amide bonds. The molecular weight excluding hydrogens is 240 g/mol. The van der Waals surface area contributed by atoms with Crippen LogP contribution >= 0.6 is 11.3 Å². The second-order valence-corrected chi connectivity index (χ2v) is 5.60. The Morgan fingerprint density at radius 1 is 1.47 bits per heavy atom. The summed E-state index contributed by atoms with van der Waals surface area (Å²) in [4.78, 5) is 13.8. The van der Waals surface area contributed by atoms with Crippen LogP contribution in [0.5, 0.6) is 0 Å². The van der Waals surface area contributed by atoms with E-state index in [1.165, 1.54) is 0 Å². The van der Waals surface area contributed by atoms with Gasteiger partial charge in [0.1, 0.15) is 0 Å². The largest absolute Gasteiger partial charge is 0.390 e. The summed E-state index contributed by atoms with van der Waals surface area (Å²) in [6.07, 6.45) is 2.11. The van der Waals surface area contributed by atoms with Gasteiger partial charge in [-0.25, -0.2) is 0 Å². The van der Waals surface area contributed by atoms with E-state index in [-0.39, 0.29) is 5.91 Å². The van der Waals surface area contributed by atoms with Crippen molar-refractivity contribution in [2.24, 2.45) is 0 Å². The molecular formula is C10H16N4O2S. The average Bonchev–Trinajstić information content (AvgIpc) is 2.60. The van der Waals surface area contributed by atoms with E-state index in [0.717, 1.165) is 24.2 Å². The van der Waals surface area contributed by atoms with Gasteiger partial charge >= 0.3 is 0 Å². The van der Waals surface area contributed by atoms with Crippen molar-refractivity contribution in [1.82, 2.24) is 15.1 Å². The van der Waals surface area contributed by atoms with Crippen molar-refractivity contribution in [2.75, 3.05) is 18.8 Å². The summed E-state index contributed by atoms with van der Waals surface area (Å²) in [7, 11) is 0. The molecule has 0 aromatic carbocycles. The molecule has 7 heteroatoms. The molecule has 6 nitrogen and oxygen atoms in total. The highest BCUT2D eigenvalue weighted by molar-refractivity contribution is 7.16. The maximum Gasteiger partial charge on any atom is 0.284 e. The van der Waals surface area contributed by atoms with Crippen molar-refractivity contribution in [3.05, 3.63) is 5.01 Å². The van der Waals surface area contributed by atoms with Gasteiger partial charge in [0.25, 0.3) is 5.91 Å². The van der Waals surface area contributed by atoms with E-state index < -0.39 is 5.60 Å². The number of likely N-dealkylation sites (tertiary alicyclic amines) is 1. The Labute approximate surface area is 103 Å². The summed E-state index contributed by atoms with van der Waals surface area (Å²) in [5.41, 5.74) is 4.78. The average molecular weight is 256 g/mol. The fourth-order valence-corrected chi connectivity index (χ4v) is 2.50. The number of carbonyl (C=O) groups is 1. The van der Waals surface area contributed by atoms with Gasteiger partial charge in [0, 0.05) is 13.1 Å².